The maximum atomic E-state index is 11.7. The summed E-state index contributed by atoms with van der Waals surface area (Å²) in [4.78, 5) is 23.0. The molecule has 0 aliphatic heterocycles. The number of halogens is 1. The monoisotopic (exact) mass is 374 g/mol. The van der Waals surface area contributed by atoms with Crippen molar-refractivity contribution in [3.63, 3.8) is 0 Å². The fourth-order valence-electron chi connectivity index (χ4n) is 1.76. The van der Waals surface area contributed by atoms with E-state index in [1.807, 2.05) is 20.8 Å². The minimum absolute atomic E-state index is 0.178. The number of hydrogen-bond donors (Lipinski definition) is 1. The van der Waals surface area contributed by atoms with Crippen LogP contribution in [-0.4, -0.2) is 37.2 Å². The first-order valence-electron chi connectivity index (χ1n) is 6.64. The number of rotatable bonds is 6. The molecule has 0 saturated carbocycles. The van der Waals surface area contributed by atoms with E-state index in [0.717, 1.165) is 0 Å². The van der Waals surface area contributed by atoms with Crippen LogP contribution in [0.1, 0.15) is 38.7 Å². The predicted octanol–water partition coefficient (Wildman–Crippen LogP) is 3.69. The number of carboxylic acids is 1. The normalized spacial score (nSPS) is 13.3. The average molecular weight is 375 g/mol. The van der Waals surface area contributed by atoms with Gasteiger partial charge < -0.3 is 0 Å². The zero-order valence-electron chi connectivity index (χ0n) is 12.4. The molecular weight excluding hydrogens is 355 g/mol. The van der Waals surface area contributed by atoms with Crippen molar-refractivity contribution in [3.05, 3.63) is 34.9 Å². The van der Waals surface area contributed by atoms with Gasteiger partial charge in [-0.3, -0.25) is 0 Å². The second-order valence-electron chi connectivity index (χ2n) is 5.66. The van der Waals surface area contributed by atoms with E-state index in [1.54, 1.807) is 24.3 Å². The van der Waals surface area contributed by atoms with Gasteiger partial charge in [0.15, 0.2) is 0 Å². The van der Waals surface area contributed by atoms with Crippen LogP contribution in [0.25, 0.3) is 0 Å². The maximum absolute atomic E-state index is 11.7. The molecule has 0 aliphatic carbocycles. The molecule has 0 bridgehead atoms. The second-order valence-corrected chi connectivity index (χ2v) is 8.74. The summed E-state index contributed by atoms with van der Waals surface area (Å²) in [6.07, 6.45) is 0.441. The molecule has 0 fully saturated rings. The molecular formula is C15H20AsClO4. The van der Waals surface area contributed by atoms with Gasteiger partial charge in [0.25, 0.3) is 0 Å². The number of carbonyl (C=O) groups excluding carboxylic acids is 1. The van der Waals surface area contributed by atoms with Crippen molar-refractivity contribution in [3.8, 4) is 0 Å². The van der Waals surface area contributed by atoms with Gasteiger partial charge >= 0.3 is 136 Å². The van der Waals surface area contributed by atoms with Crippen molar-refractivity contribution < 1.29 is 19.4 Å². The Morgan fingerprint density at radius 2 is 1.86 bits per heavy atom. The summed E-state index contributed by atoms with van der Waals surface area (Å²) >= 11 is 4.85. The third kappa shape index (κ3) is 7.01. The van der Waals surface area contributed by atoms with Crippen molar-refractivity contribution >= 4 is 38.1 Å². The van der Waals surface area contributed by atoms with Crippen LogP contribution in [0.15, 0.2) is 24.3 Å². The van der Waals surface area contributed by atoms with Crippen LogP contribution in [0.5, 0.6) is 0 Å². The number of aliphatic carboxylic acids is 1. The molecule has 0 heterocycles. The molecule has 0 spiro atoms. The zero-order chi connectivity index (χ0) is 16.0. The van der Waals surface area contributed by atoms with E-state index < -0.39 is 33.2 Å². The number of hydrogen-bond acceptors (Lipinski definition) is 3. The Morgan fingerprint density at radius 1 is 1.29 bits per heavy atom. The molecule has 0 amide bonds. The SMILES string of the molecule is CC(C)(C)OC(=O)[AsH]CCC(C(=O)O)c1ccc(Cl)cc1. The van der Waals surface area contributed by atoms with Gasteiger partial charge in [-0.25, -0.2) is 0 Å². The summed E-state index contributed by atoms with van der Waals surface area (Å²) in [5.41, 5.74) is 0.228. The first-order chi connectivity index (χ1) is 9.69. The molecule has 21 heavy (non-hydrogen) atoms. The van der Waals surface area contributed by atoms with Gasteiger partial charge in [0.05, 0.1) is 0 Å². The summed E-state index contributed by atoms with van der Waals surface area (Å²) in [6.45, 7) is 5.47. The Bertz CT molecular complexity index is 493. The van der Waals surface area contributed by atoms with Crippen molar-refractivity contribution in [2.45, 2.75) is 43.9 Å². The first kappa shape index (κ1) is 18.1. The Hall–Kier alpha value is -0.992. The molecule has 4 nitrogen and oxygen atoms in total. The van der Waals surface area contributed by atoms with Gasteiger partial charge in [0.2, 0.25) is 0 Å². The van der Waals surface area contributed by atoms with Gasteiger partial charge in [0.1, 0.15) is 0 Å². The summed E-state index contributed by atoms with van der Waals surface area (Å²) < 4.78 is 5.08. The number of ether oxygens (including phenoxy) is 1. The molecule has 2 unspecified atom stereocenters. The molecule has 0 saturated heterocycles. The molecule has 0 aromatic heterocycles. The molecule has 0 aliphatic rings. The van der Waals surface area contributed by atoms with Crippen molar-refractivity contribution in [1.82, 2.24) is 0 Å². The van der Waals surface area contributed by atoms with Crippen LogP contribution in [0.4, 0.5) is 4.79 Å². The quantitative estimate of drug-likeness (QED) is 0.771. The van der Waals surface area contributed by atoms with Crippen LogP contribution in [0.2, 0.25) is 10.2 Å². The number of benzene rings is 1. The van der Waals surface area contributed by atoms with Gasteiger partial charge in [-0.05, 0) is 0 Å². The van der Waals surface area contributed by atoms with E-state index >= 15 is 0 Å². The van der Waals surface area contributed by atoms with Crippen molar-refractivity contribution in [1.29, 1.82) is 0 Å². The average Bonchev–Trinajstić information content (AvgIpc) is 2.33. The molecule has 6 heteroatoms. The van der Waals surface area contributed by atoms with Crippen LogP contribution in [-0.2, 0) is 9.53 Å². The molecule has 2 atom stereocenters. The summed E-state index contributed by atoms with van der Waals surface area (Å²) in [6, 6.07) is 6.79. The van der Waals surface area contributed by atoms with Gasteiger partial charge in [0, 0.05) is 0 Å². The number of carbonyl (C=O) groups is 2. The third-order valence-electron chi connectivity index (χ3n) is 2.67. The van der Waals surface area contributed by atoms with E-state index in [9.17, 15) is 14.7 Å². The Balaban J connectivity index is 2.55. The molecule has 0 radical (unpaired) electrons. The van der Waals surface area contributed by atoms with E-state index in [1.165, 1.54) is 0 Å². The topological polar surface area (TPSA) is 63.6 Å². The standard InChI is InChI=1S/C15H20AsClO4/c1-15(2,3)21-14(20)16-9-8-12(13(18)19)10-4-6-11(17)7-5-10/h4-7,12,16H,8-9H2,1-3H3,(H,18,19). The van der Waals surface area contributed by atoms with Gasteiger partial charge in [-0.1, -0.05) is 0 Å². The molecule has 1 aromatic carbocycles. The van der Waals surface area contributed by atoms with Gasteiger partial charge in [-0.15, -0.1) is 0 Å². The minimum atomic E-state index is -0.952. The number of carboxylic acid groups (broad SMARTS) is 1. The van der Waals surface area contributed by atoms with E-state index in [4.69, 9.17) is 16.3 Å². The Labute approximate surface area is 136 Å². The molecule has 1 N–H and O–H groups in total. The van der Waals surface area contributed by atoms with E-state index in [0.29, 0.717) is 22.2 Å². The predicted molar refractivity (Wildman–Crippen MR) is 84.6 cm³/mol. The van der Waals surface area contributed by atoms with Crippen molar-refractivity contribution in [2.75, 3.05) is 0 Å². The van der Waals surface area contributed by atoms with Crippen LogP contribution in [0.3, 0.4) is 0 Å². The van der Waals surface area contributed by atoms with Crippen LogP contribution in [0, 0.1) is 0 Å². The third-order valence-corrected chi connectivity index (χ3v) is 4.87. The molecule has 116 valence electrons. The van der Waals surface area contributed by atoms with Gasteiger partial charge in [-0.2, -0.15) is 0 Å². The first-order valence-corrected chi connectivity index (χ1v) is 9.55. The molecule has 1 aromatic rings. The zero-order valence-corrected chi connectivity index (χ0v) is 15.2. The molecule has 1 rings (SSSR count). The van der Waals surface area contributed by atoms with Crippen molar-refractivity contribution in [2.24, 2.45) is 0 Å². The fraction of sp³-hybridized carbons (Fsp3) is 0.467. The Morgan fingerprint density at radius 3 is 2.33 bits per heavy atom. The van der Waals surface area contributed by atoms with E-state index in [2.05, 4.69) is 0 Å². The Kier molecular flexibility index (Phi) is 6.76. The fourth-order valence-corrected chi connectivity index (χ4v) is 4.02. The second kappa shape index (κ2) is 7.86. The summed E-state index contributed by atoms with van der Waals surface area (Å²) in [7, 11) is 0. The van der Waals surface area contributed by atoms with E-state index in [-0.39, 0.29) is 4.76 Å². The summed E-state index contributed by atoms with van der Waals surface area (Å²) in [5, 5.41) is 10.5. The summed E-state index contributed by atoms with van der Waals surface area (Å²) in [5.74, 6) is -1.48. The van der Waals surface area contributed by atoms with Crippen LogP contribution < -0.4 is 0 Å². The van der Waals surface area contributed by atoms with Crippen LogP contribution >= 0.6 is 11.6 Å².